The first-order valence-electron chi connectivity index (χ1n) is 13.6. The van der Waals surface area contributed by atoms with Crippen LogP contribution in [0.4, 0.5) is 0 Å². The average Bonchev–Trinajstić information content (AvgIpc) is 3.22. The van der Waals surface area contributed by atoms with Gasteiger partial charge in [-0.1, -0.05) is 117 Å². The van der Waals surface area contributed by atoms with E-state index in [1.54, 1.807) is 0 Å². The quantitative estimate of drug-likeness (QED) is 0.217. The Morgan fingerprint density at radius 2 is 0.974 bits per heavy atom. The van der Waals surface area contributed by atoms with Crippen molar-refractivity contribution in [2.75, 3.05) is 0 Å². The number of hydrogen-bond acceptors (Lipinski definition) is 1. The Morgan fingerprint density at radius 3 is 1.59 bits per heavy atom. The zero-order valence-corrected chi connectivity index (χ0v) is 22.1. The molecule has 1 aliphatic carbocycles. The minimum atomic E-state index is -0.132. The monoisotopic (exact) mass is 497 g/mol. The molecule has 184 valence electrons. The van der Waals surface area contributed by atoms with Gasteiger partial charge < -0.3 is 0 Å². The largest absolute Gasteiger partial charge is 0.264 e. The molecule has 1 aromatic heterocycles. The van der Waals surface area contributed by atoms with Crippen molar-refractivity contribution < 1.29 is 0 Å². The minimum Gasteiger partial charge on any atom is -0.264 e. The van der Waals surface area contributed by atoms with Crippen molar-refractivity contribution in [3.8, 4) is 33.4 Å². The number of fused-ring (bicyclic) bond motifs is 7. The maximum atomic E-state index is 4.52. The van der Waals surface area contributed by atoms with Crippen molar-refractivity contribution in [3.63, 3.8) is 0 Å². The molecule has 1 aliphatic rings. The summed E-state index contributed by atoms with van der Waals surface area (Å²) in [4.78, 5) is 4.52. The molecule has 0 unspecified atom stereocenters. The lowest BCUT2D eigenvalue weighted by Gasteiger charge is -2.24. The molecule has 1 heterocycles. The van der Waals surface area contributed by atoms with Crippen LogP contribution in [0.2, 0.25) is 0 Å². The molecule has 1 heteroatoms. The summed E-state index contributed by atoms with van der Waals surface area (Å²) in [6.45, 7) is 4.68. The summed E-state index contributed by atoms with van der Waals surface area (Å²) in [6, 6.07) is 42.3. The Kier molecular flexibility index (Phi) is 4.63. The van der Waals surface area contributed by atoms with Crippen LogP contribution in [-0.2, 0) is 5.41 Å². The average molecular weight is 498 g/mol. The van der Waals surface area contributed by atoms with Gasteiger partial charge in [-0.25, -0.2) is 0 Å². The molecule has 6 aromatic carbocycles. The van der Waals surface area contributed by atoms with Gasteiger partial charge in [0.2, 0.25) is 0 Å². The molecule has 0 radical (unpaired) electrons. The van der Waals surface area contributed by atoms with E-state index in [4.69, 9.17) is 0 Å². The summed E-state index contributed by atoms with van der Waals surface area (Å²) in [5.74, 6) is 0. The molecule has 0 fully saturated rings. The van der Waals surface area contributed by atoms with Gasteiger partial charge in [0, 0.05) is 17.8 Å². The third-order valence-electron chi connectivity index (χ3n) is 8.74. The van der Waals surface area contributed by atoms with Crippen LogP contribution >= 0.6 is 0 Å². The van der Waals surface area contributed by atoms with E-state index < -0.39 is 0 Å². The molecule has 39 heavy (non-hydrogen) atoms. The van der Waals surface area contributed by atoms with E-state index >= 15 is 0 Å². The summed E-state index contributed by atoms with van der Waals surface area (Å²) < 4.78 is 0. The van der Waals surface area contributed by atoms with Gasteiger partial charge in [0.15, 0.2) is 0 Å². The van der Waals surface area contributed by atoms with Gasteiger partial charge in [0.05, 0.1) is 0 Å². The molecule has 1 nitrogen and oxygen atoms in total. The highest BCUT2D eigenvalue weighted by Gasteiger charge is 2.37. The lowest BCUT2D eigenvalue weighted by Crippen LogP contribution is -2.15. The summed E-state index contributed by atoms with van der Waals surface area (Å²) in [7, 11) is 0. The molecule has 0 atom stereocenters. The fourth-order valence-electron chi connectivity index (χ4n) is 6.96. The van der Waals surface area contributed by atoms with Crippen molar-refractivity contribution >= 4 is 32.3 Å². The van der Waals surface area contributed by atoms with Crippen LogP contribution in [-0.4, -0.2) is 4.98 Å². The fourth-order valence-corrected chi connectivity index (χ4v) is 6.96. The number of aromatic nitrogens is 1. The molecule has 8 rings (SSSR count). The van der Waals surface area contributed by atoms with Crippen LogP contribution in [0, 0.1) is 0 Å². The van der Waals surface area contributed by atoms with Crippen LogP contribution in [0.3, 0.4) is 0 Å². The van der Waals surface area contributed by atoms with Crippen LogP contribution < -0.4 is 0 Å². The van der Waals surface area contributed by atoms with Gasteiger partial charge in [0.1, 0.15) is 0 Å². The zero-order valence-electron chi connectivity index (χ0n) is 22.1. The normalized spacial score (nSPS) is 13.6. The molecular formula is C38H27N. The molecule has 7 aromatic rings. The van der Waals surface area contributed by atoms with Gasteiger partial charge in [0.25, 0.3) is 0 Å². The van der Waals surface area contributed by atoms with Crippen molar-refractivity contribution in [1.82, 2.24) is 4.98 Å². The van der Waals surface area contributed by atoms with E-state index in [1.807, 2.05) is 6.20 Å². The Bertz CT molecular complexity index is 2030. The molecule has 0 saturated carbocycles. The first-order valence-corrected chi connectivity index (χ1v) is 13.6. The van der Waals surface area contributed by atoms with E-state index in [9.17, 15) is 0 Å². The third-order valence-corrected chi connectivity index (χ3v) is 8.74. The van der Waals surface area contributed by atoms with E-state index in [0.717, 1.165) is 0 Å². The van der Waals surface area contributed by atoms with E-state index in [2.05, 4.69) is 140 Å². The summed E-state index contributed by atoms with van der Waals surface area (Å²) in [6.07, 6.45) is 3.99. The Morgan fingerprint density at radius 1 is 0.462 bits per heavy atom. The van der Waals surface area contributed by atoms with Gasteiger partial charge in [-0.15, -0.1) is 0 Å². The van der Waals surface area contributed by atoms with E-state index in [0.29, 0.717) is 0 Å². The highest BCUT2D eigenvalue weighted by Crippen LogP contribution is 2.54. The Balaban J connectivity index is 1.57. The molecule has 0 saturated heterocycles. The van der Waals surface area contributed by atoms with Crippen molar-refractivity contribution in [1.29, 1.82) is 0 Å². The SMILES string of the molecule is CC1(C)c2cnccc2-c2c1cc(-c1c3ccccc3c(-c3ccccc3)c3ccccc13)c1ccccc21. The molecule has 0 bridgehead atoms. The molecular weight excluding hydrogens is 470 g/mol. The van der Waals surface area contributed by atoms with Gasteiger partial charge in [-0.05, 0) is 89.0 Å². The first-order chi connectivity index (χ1) is 19.1. The molecule has 0 aliphatic heterocycles. The van der Waals surface area contributed by atoms with Crippen LogP contribution in [0.1, 0.15) is 25.0 Å². The van der Waals surface area contributed by atoms with Crippen LogP contribution in [0.5, 0.6) is 0 Å². The highest BCUT2D eigenvalue weighted by atomic mass is 14.6. The lowest BCUT2D eigenvalue weighted by molar-refractivity contribution is 0.658. The van der Waals surface area contributed by atoms with Gasteiger partial charge in [-0.3, -0.25) is 4.98 Å². The summed E-state index contributed by atoms with van der Waals surface area (Å²) in [5.41, 5.74) is 10.4. The second-order valence-corrected chi connectivity index (χ2v) is 11.1. The van der Waals surface area contributed by atoms with Gasteiger partial charge in [-0.2, -0.15) is 0 Å². The maximum Gasteiger partial charge on any atom is 0.0314 e. The second-order valence-electron chi connectivity index (χ2n) is 11.1. The number of hydrogen-bond donors (Lipinski definition) is 0. The first kappa shape index (κ1) is 22.3. The number of pyridine rings is 1. The Labute approximate surface area is 228 Å². The van der Waals surface area contributed by atoms with Crippen molar-refractivity contribution in [2.45, 2.75) is 19.3 Å². The van der Waals surface area contributed by atoms with Crippen LogP contribution in [0.25, 0.3) is 65.7 Å². The smallest absolute Gasteiger partial charge is 0.0314 e. The lowest BCUT2D eigenvalue weighted by atomic mass is 9.79. The van der Waals surface area contributed by atoms with Gasteiger partial charge >= 0.3 is 0 Å². The second kappa shape index (κ2) is 8.12. The number of nitrogens with zero attached hydrogens (tertiary/aromatic N) is 1. The summed E-state index contributed by atoms with van der Waals surface area (Å²) >= 11 is 0. The predicted molar refractivity (Wildman–Crippen MR) is 165 cm³/mol. The molecule has 0 N–H and O–H groups in total. The van der Waals surface area contributed by atoms with Crippen molar-refractivity contribution in [2.24, 2.45) is 0 Å². The number of benzene rings is 6. The maximum absolute atomic E-state index is 4.52. The Hall–Kier alpha value is -4.75. The third kappa shape index (κ3) is 3.05. The van der Waals surface area contributed by atoms with E-state index in [-0.39, 0.29) is 5.41 Å². The van der Waals surface area contributed by atoms with Crippen molar-refractivity contribution in [3.05, 3.63) is 139 Å². The van der Waals surface area contributed by atoms with E-state index in [1.165, 1.54) is 76.8 Å². The van der Waals surface area contributed by atoms with Crippen LogP contribution in [0.15, 0.2) is 128 Å². The summed E-state index contributed by atoms with van der Waals surface area (Å²) in [5, 5.41) is 7.75. The fraction of sp³-hybridized carbons (Fsp3) is 0.0789. The number of rotatable bonds is 2. The standard InChI is InChI=1S/C38H27N/c1-38(2)33-22-32(25-14-6-7-15-26(25)37(33)31-20-21-39-23-34(31)38)36-29-18-10-8-16-27(29)35(24-12-4-3-5-13-24)28-17-9-11-19-30(28)36/h3-23H,1-2H3. The zero-order chi connectivity index (χ0) is 26.1. The molecule has 0 spiro atoms. The predicted octanol–water partition coefficient (Wildman–Crippen LogP) is 10.2. The topological polar surface area (TPSA) is 12.9 Å². The molecule has 0 amide bonds. The minimum absolute atomic E-state index is 0.132. The highest BCUT2D eigenvalue weighted by molar-refractivity contribution is 6.24.